The van der Waals surface area contributed by atoms with E-state index in [0.29, 0.717) is 18.5 Å². The Hall–Kier alpha value is -1.84. The summed E-state index contributed by atoms with van der Waals surface area (Å²) >= 11 is 0. The van der Waals surface area contributed by atoms with Crippen molar-refractivity contribution in [1.82, 2.24) is 14.9 Å². The zero-order valence-corrected chi connectivity index (χ0v) is 13.4. The Morgan fingerprint density at radius 2 is 1.83 bits per heavy atom. The molecule has 3 aliphatic rings. The molecule has 120 valence electrons. The first-order chi connectivity index (χ1) is 11.3. The number of para-hydroxylation sites is 2. The standard InChI is InChI=1S/C19H23N3O/c23-17(21-18(12-5-6-12)13-7-8-13)11-22-16-4-2-1-3-15(16)20-19(22)14-9-10-14/h1-4,12-14,18H,5-11H2,(H,21,23). The van der Waals surface area contributed by atoms with Crippen molar-refractivity contribution in [3.05, 3.63) is 30.1 Å². The monoisotopic (exact) mass is 309 g/mol. The van der Waals surface area contributed by atoms with Gasteiger partial charge in [-0.3, -0.25) is 4.79 Å². The van der Waals surface area contributed by atoms with Crippen LogP contribution in [0.5, 0.6) is 0 Å². The smallest absolute Gasteiger partial charge is 0.240 e. The third kappa shape index (κ3) is 2.64. The number of nitrogens with one attached hydrogen (secondary N) is 1. The summed E-state index contributed by atoms with van der Waals surface area (Å²) in [5, 5.41) is 3.34. The molecule has 3 aliphatic carbocycles. The Labute approximate surface area is 136 Å². The molecule has 0 aliphatic heterocycles. The summed E-state index contributed by atoms with van der Waals surface area (Å²) in [5.74, 6) is 3.32. The van der Waals surface area contributed by atoms with Crippen LogP contribution in [-0.4, -0.2) is 21.5 Å². The molecule has 5 rings (SSSR count). The summed E-state index contributed by atoms with van der Waals surface area (Å²) in [7, 11) is 0. The maximum absolute atomic E-state index is 12.7. The highest BCUT2D eigenvalue weighted by Gasteiger charge is 2.42. The van der Waals surface area contributed by atoms with E-state index >= 15 is 0 Å². The first-order valence-corrected chi connectivity index (χ1v) is 9.04. The van der Waals surface area contributed by atoms with Gasteiger partial charge in [0.25, 0.3) is 0 Å². The van der Waals surface area contributed by atoms with E-state index in [9.17, 15) is 4.79 Å². The van der Waals surface area contributed by atoms with Crippen LogP contribution in [0.3, 0.4) is 0 Å². The van der Waals surface area contributed by atoms with Crippen molar-refractivity contribution in [2.45, 2.75) is 57.0 Å². The summed E-state index contributed by atoms with van der Waals surface area (Å²) in [6.45, 7) is 0.419. The molecular formula is C19H23N3O. The summed E-state index contributed by atoms with van der Waals surface area (Å²) in [5.41, 5.74) is 2.11. The molecule has 23 heavy (non-hydrogen) atoms. The van der Waals surface area contributed by atoms with Crippen molar-refractivity contribution in [1.29, 1.82) is 0 Å². The van der Waals surface area contributed by atoms with E-state index in [0.717, 1.165) is 28.7 Å². The van der Waals surface area contributed by atoms with Gasteiger partial charge in [-0.15, -0.1) is 0 Å². The zero-order chi connectivity index (χ0) is 15.4. The van der Waals surface area contributed by atoms with Crippen molar-refractivity contribution in [3.8, 4) is 0 Å². The van der Waals surface area contributed by atoms with Gasteiger partial charge in [0.15, 0.2) is 0 Å². The number of imidazole rings is 1. The van der Waals surface area contributed by atoms with E-state index in [1.165, 1.54) is 38.5 Å². The molecule has 3 saturated carbocycles. The van der Waals surface area contributed by atoms with Crippen LogP contribution in [-0.2, 0) is 11.3 Å². The van der Waals surface area contributed by atoms with Crippen LogP contribution in [0.2, 0.25) is 0 Å². The lowest BCUT2D eigenvalue weighted by Crippen LogP contribution is -2.40. The molecule has 0 spiro atoms. The largest absolute Gasteiger partial charge is 0.351 e. The highest BCUT2D eigenvalue weighted by Crippen LogP contribution is 2.44. The van der Waals surface area contributed by atoms with Gasteiger partial charge in [0.1, 0.15) is 12.4 Å². The molecule has 4 heteroatoms. The number of carbonyl (C=O) groups is 1. The number of benzene rings is 1. The Kier molecular flexibility index (Phi) is 3.00. The van der Waals surface area contributed by atoms with Crippen LogP contribution in [0, 0.1) is 11.8 Å². The van der Waals surface area contributed by atoms with E-state index in [1.807, 2.05) is 18.2 Å². The number of fused-ring (bicyclic) bond motifs is 1. The average molecular weight is 309 g/mol. The maximum Gasteiger partial charge on any atom is 0.240 e. The second-order valence-corrected chi connectivity index (χ2v) is 7.59. The zero-order valence-electron chi connectivity index (χ0n) is 13.4. The number of nitrogens with zero attached hydrogens (tertiary/aromatic N) is 2. The molecule has 0 atom stereocenters. The van der Waals surface area contributed by atoms with E-state index in [2.05, 4.69) is 16.0 Å². The average Bonchev–Trinajstić information content (AvgIpc) is 3.43. The van der Waals surface area contributed by atoms with Crippen molar-refractivity contribution in [2.75, 3.05) is 0 Å². The number of rotatable bonds is 6. The third-order valence-corrected chi connectivity index (χ3v) is 5.52. The summed E-state index contributed by atoms with van der Waals surface area (Å²) in [4.78, 5) is 17.4. The van der Waals surface area contributed by atoms with Gasteiger partial charge in [0.05, 0.1) is 11.0 Å². The minimum atomic E-state index is 0.166. The quantitative estimate of drug-likeness (QED) is 0.890. The molecule has 4 nitrogen and oxygen atoms in total. The number of hydrogen-bond donors (Lipinski definition) is 1. The van der Waals surface area contributed by atoms with Crippen LogP contribution in [0.1, 0.15) is 50.3 Å². The lowest BCUT2D eigenvalue weighted by Gasteiger charge is -2.18. The van der Waals surface area contributed by atoms with Crippen LogP contribution in [0.15, 0.2) is 24.3 Å². The van der Waals surface area contributed by atoms with Crippen LogP contribution in [0.25, 0.3) is 11.0 Å². The van der Waals surface area contributed by atoms with E-state index < -0.39 is 0 Å². The van der Waals surface area contributed by atoms with Gasteiger partial charge >= 0.3 is 0 Å². The Balaban J connectivity index is 1.39. The number of aromatic nitrogens is 2. The SMILES string of the molecule is O=C(Cn1c(C2CC2)nc2ccccc21)NC(C1CC1)C1CC1. The first kappa shape index (κ1) is 13.6. The number of carbonyl (C=O) groups excluding carboxylic acids is 1. The molecule has 2 aromatic rings. The van der Waals surface area contributed by atoms with Gasteiger partial charge in [0, 0.05) is 12.0 Å². The van der Waals surface area contributed by atoms with Crippen molar-refractivity contribution in [2.24, 2.45) is 11.8 Å². The fourth-order valence-electron chi connectivity index (χ4n) is 3.82. The molecule has 0 bridgehead atoms. The van der Waals surface area contributed by atoms with Crippen molar-refractivity contribution < 1.29 is 4.79 Å². The van der Waals surface area contributed by atoms with Gasteiger partial charge in [-0.25, -0.2) is 4.98 Å². The lowest BCUT2D eigenvalue weighted by atomic mass is 10.1. The molecule has 0 radical (unpaired) electrons. The highest BCUT2D eigenvalue weighted by molar-refractivity contribution is 5.81. The molecule has 1 heterocycles. The second-order valence-electron chi connectivity index (χ2n) is 7.59. The van der Waals surface area contributed by atoms with Gasteiger partial charge in [0.2, 0.25) is 5.91 Å². The van der Waals surface area contributed by atoms with Crippen molar-refractivity contribution >= 4 is 16.9 Å². The maximum atomic E-state index is 12.7. The van der Waals surface area contributed by atoms with Gasteiger partial charge in [-0.05, 0) is 62.5 Å². The molecule has 1 aromatic carbocycles. The van der Waals surface area contributed by atoms with Gasteiger partial charge in [-0.2, -0.15) is 0 Å². The Morgan fingerprint density at radius 1 is 1.13 bits per heavy atom. The summed E-state index contributed by atoms with van der Waals surface area (Å²) in [6.07, 6.45) is 7.59. The van der Waals surface area contributed by atoms with E-state index in [4.69, 9.17) is 4.98 Å². The van der Waals surface area contributed by atoms with E-state index in [-0.39, 0.29) is 5.91 Å². The van der Waals surface area contributed by atoms with Crippen molar-refractivity contribution in [3.63, 3.8) is 0 Å². The molecular weight excluding hydrogens is 286 g/mol. The predicted octanol–water partition coefficient (Wildman–Crippen LogP) is 3.22. The molecule has 3 fully saturated rings. The number of amides is 1. The van der Waals surface area contributed by atoms with Crippen LogP contribution < -0.4 is 5.32 Å². The minimum absolute atomic E-state index is 0.166. The molecule has 1 amide bonds. The molecule has 0 unspecified atom stereocenters. The van der Waals surface area contributed by atoms with E-state index in [1.54, 1.807) is 0 Å². The highest BCUT2D eigenvalue weighted by atomic mass is 16.2. The Morgan fingerprint density at radius 3 is 2.48 bits per heavy atom. The fourth-order valence-corrected chi connectivity index (χ4v) is 3.82. The Bertz CT molecular complexity index is 741. The second kappa shape index (κ2) is 5.08. The van der Waals surface area contributed by atoms with Gasteiger partial charge in [-0.1, -0.05) is 12.1 Å². The van der Waals surface area contributed by atoms with Crippen LogP contribution >= 0.6 is 0 Å². The summed E-state index contributed by atoms with van der Waals surface area (Å²) < 4.78 is 2.15. The predicted molar refractivity (Wildman–Crippen MR) is 89.1 cm³/mol. The molecule has 0 saturated heterocycles. The molecule has 1 aromatic heterocycles. The van der Waals surface area contributed by atoms with Crippen LogP contribution in [0.4, 0.5) is 0 Å². The normalized spacial score (nSPS) is 21.1. The first-order valence-electron chi connectivity index (χ1n) is 9.04. The van der Waals surface area contributed by atoms with Gasteiger partial charge < -0.3 is 9.88 Å². The minimum Gasteiger partial charge on any atom is -0.351 e. The topological polar surface area (TPSA) is 46.9 Å². The third-order valence-electron chi connectivity index (χ3n) is 5.52. The summed E-state index contributed by atoms with van der Waals surface area (Å²) in [6, 6.07) is 8.62. The fraction of sp³-hybridized carbons (Fsp3) is 0.579. The number of hydrogen-bond acceptors (Lipinski definition) is 2. The molecule has 1 N–H and O–H groups in total. The lowest BCUT2D eigenvalue weighted by molar-refractivity contribution is -0.122.